The van der Waals surface area contributed by atoms with Gasteiger partial charge in [0.05, 0.1) is 57.8 Å². The van der Waals surface area contributed by atoms with Gasteiger partial charge < -0.3 is 71.6 Å². The van der Waals surface area contributed by atoms with Crippen LogP contribution in [0, 0.1) is 0 Å². The maximum Gasteiger partial charge on any atom is 0.186 e. The van der Waals surface area contributed by atoms with Crippen molar-refractivity contribution in [3.63, 3.8) is 0 Å². The number of ether oxygens (including phenoxy) is 7. The monoisotopic (exact) mass is 606 g/mol. The second kappa shape index (κ2) is 17.3. The largest absolute Gasteiger partial charge is 0.388 e. The van der Waals surface area contributed by atoms with Gasteiger partial charge in [0.25, 0.3) is 0 Å². The minimum absolute atomic E-state index is 0.0462. The standard InChI is InChI=1S/C25H50N8O9/c1-25(35)13-39-24(21(22(25)31-2)38-10-9-37-8-7-36-6-5-32-33-30)42-20-17(29)11-16(28)19(18(20)34)41-23-15(27)4-3-14(12-26)40-23/h14-24,31,34-35H,3-13,26-29H2,1-2H3. The lowest BCUT2D eigenvalue weighted by Crippen LogP contribution is -2.69. The normalized spacial score (nSPS) is 40.9. The maximum absolute atomic E-state index is 11.4. The number of azide groups is 1. The molecule has 0 bridgehead atoms. The molecule has 12 atom stereocenters. The molecule has 0 aromatic rings. The number of likely N-dealkylation sites (N-methyl/N-ethyl adjacent to an activating group) is 1. The molecule has 17 heteroatoms. The van der Waals surface area contributed by atoms with Gasteiger partial charge in [-0.25, -0.2) is 0 Å². The zero-order valence-electron chi connectivity index (χ0n) is 24.5. The van der Waals surface area contributed by atoms with E-state index < -0.39 is 66.8 Å². The molecule has 0 aromatic carbocycles. The Balaban J connectivity index is 1.60. The third-order valence-corrected chi connectivity index (χ3v) is 7.83. The SMILES string of the molecule is CNC1C(OCCOCCOCCN=[N+]=[N-])C(OC2C(N)CC(N)C(OC3OC(CN)CCC3N)C2O)OCC1(C)O. The number of aliphatic hydroxyl groups excluding tert-OH is 1. The lowest BCUT2D eigenvalue weighted by atomic mass is 9.84. The summed E-state index contributed by atoms with van der Waals surface area (Å²) in [6.45, 7) is 3.53. The molecule has 12 unspecified atom stereocenters. The number of nitrogens with two attached hydrogens (primary N) is 4. The van der Waals surface area contributed by atoms with Gasteiger partial charge in [-0.1, -0.05) is 5.11 Å². The zero-order chi connectivity index (χ0) is 30.7. The van der Waals surface area contributed by atoms with Crippen molar-refractivity contribution in [3.05, 3.63) is 10.4 Å². The first-order valence-electron chi connectivity index (χ1n) is 14.5. The molecule has 3 fully saturated rings. The number of aliphatic hydroxyl groups is 2. The minimum atomic E-state index is -1.27. The van der Waals surface area contributed by atoms with Crippen molar-refractivity contribution in [1.82, 2.24) is 5.32 Å². The van der Waals surface area contributed by atoms with E-state index in [0.717, 1.165) is 6.42 Å². The summed E-state index contributed by atoms with van der Waals surface area (Å²) in [5.41, 5.74) is 31.8. The Morgan fingerprint density at radius 2 is 1.62 bits per heavy atom. The third kappa shape index (κ3) is 9.62. The second-order valence-electron chi connectivity index (χ2n) is 11.2. The molecule has 244 valence electrons. The first-order chi connectivity index (χ1) is 20.1. The molecule has 2 heterocycles. The number of rotatable bonds is 16. The van der Waals surface area contributed by atoms with E-state index in [1.165, 1.54) is 0 Å². The van der Waals surface area contributed by atoms with Crippen molar-refractivity contribution in [1.29, 1.82) is 0 Å². The molecule has 1 saturated carbocycles. The van der Waals surface area contributed by atoms with E-state index in [2.05, 4.69) is 15.3 Å². The van der Waals surface area contributed by atoms with Crippen molar-refractivity contribution < 1.29 is 43.4 Å². The molecule has 0 spiro atoms. The Labute approximate surface area is 246 Å². The van der Waals surface area contributed by atoms with Crippen LogP contribution in [0.15, 0.2) is 5.11 Å². The molecule has 3 aliphatic rings. The fourth-order valence-corrected chi connectivity index (χ4v) is 5.56. The predicted octanol–water partition coefficient (Wildman–Crippen LogP) is -2.61. The average molecular weight is 607 g/mol. The highest BCUT2D eigenvalue weighted by Crippen LogP contribution is 2.32. The fourth-order valence-electron chi connectivity index (χ4n) is 5.56. The van der Waals surface area contributed by atoms with Gasteiger partial charge >= 0.3 is 0 Å². The van der Waals surface area contributed by atoms with Crippen LogP contribution in [0.4, 0.5) is 0 Å². The summed E-state index contributed by atoms with van der Waals surface area (Å²) < 4.78 is 41.2. The van der Waals surface area contributed by atoms with Gasteiger partial charge in [0, 0.05) is 30.1 Å². The summed E-state index contributed by atoms with van der Waals surface area (Å²) in [6, 6.07) is -2.19. The fraction of sp³-hybridized carbons (Fsp3) is 1.00. The van der Waals surface area contributed by atoms with Crippen LogP contribution in [-0.2, 0) is 33.2 Å². The van der Waals surface area contributed by atoms with E-state index >= 15 is 0 Å². The lowest BCUT2D eigenvalue weighted by molar-refractivity contribution is -0.313. The maximum atomic E-state index is 11.4. The van der Waals surface area contributed by atoms with Crippen molar-refractivity contribution in [2.24, 2.45) is 28.0 Å². The van der Waals surface area contributed by atoms with Gasteiger partial charge in [0.1, 0.15) is 30.0 Å². The Morgan fingerprint density at radius 3 is 2.26 bits per heavy atom. The van der Waals surface area contributed by atoms with Gasteiger partial charge in [-0.15, -0.1) is 0 Å². The molecular weight excluding hydrogens is 556 g/mol. The quantitative estimate of drug-likeness (QED) is 0.0411. The number of nitrogens with zero attached hydrogens (tertiary/aromatic N) is 3. The van der Waals surface area contributed by atoms with Crippen LogP contribution in [0.3, 0.4) is 0 Å². The van der Waals surface area contributed by atoms with Crippen molar-refractivity contribution >= 4 is 0 Å². The number of hydrogen-bond donors (Lipinski definition) is 7. The van der Waals surface area contributed by atoms with Crippen LogP contribution < -0.4 is 28.3 Å². The van der Waals surface area contributed by atoms with Crippen LogP contribution in [0.25, 0.3) is 10.4 Å². The van der Waals surface area contributed by atoms with E-state index in [1.807, 2.05) is 0 Å². The molecule has 3 rings (SSSR count). The molecule has 11 N–H and O–H groups in total. The highest BCUT2D eigenvalue weighted by atomic mass is 16.7. The van der Waals surface area contributed by atoms with Crippen molar-refractivity contribution in [3.8, 4) is 0 Å². The molecule has 1 aliphatic carbocycles. The molecule has 17 nitrogen and oxygen atoms in total. The molecule has 0 aromatic heterocycles. The van der Waals surface area contributed by atoms with Gasteiger partial charge in [0.15, 0.2) is 12.6 Å². The van der Waals surface area contributed by atoms with E-state index in [0.29, 0.717) is 39.2 Å². The average Bonchev–Trinajstić information content (AvgIpc) is 2.95. The summed E-state index contributed by atoms with van der Waals surface area (Å²) in [6.07, 6.45) is -4.05. The lowest BCUT2D eigenvalue weighted by Gasteiger charge is -2.49. The van der Waals surface area contributed by atoms with Gasteiger partial charge in [-0.2, -0.15) is 0 Å². The van der Waals surface area contributed by atoms with Crippen LogP contribution in [-0.4, -0.2) is 143 Å². The summed E-state index contributed by atoms with van der Waals surface area (Å²) >= 11 is 0. The minimum Gasteiger partial charge on any atom is -0.388 e. The number of hydrogen-bond acceptors (Lipinski definition) is 15. The van der Waals surface area contributed by atoms with E-state index in [4.69, 9.17) is 61.6 Å². The first-order valence-corrected chi connectivity index (χ1v) is 14.5. The first kappa shape index (κ1) is 35.2. The summed E-state index contributed by atoms with van der Waals surface area (Å²) in [4.78, 5) is 2.66. The summed E-state index contributed by atoms with van der Waals surface area (Å²) in [5.74, 6) is 0. The van der Waals surface area contributed by atoms with E-state index in [1.54, 1.807) is 14.0 Å². The second-order valence-corrected chi connectivity index (χ2v) is 11.2. The molecule has 2 saturated heterocycles. The van der Waals surface area contributed by atoms with Crippen LogP contribution in [0.1, 0.15) is 26.2 Å². The summed E-state index contributed by atoms with van der Waals surface area (Å²) in [5, 5.41) is 28.8. The Hall–Kier alpha value is -1.25. The van der Waals surface area contributed by atoms with Crippen LogP contribution in [0.2, 0.25) is 0 Å². The van der Waals surface area contributed by atoms with E-state index in [9.17, 15) is 10.2 Å². The highest BCUT2D eigenvalue weighted by Gasteiger charge is 2.51. The molecule has 0 amide bonds. The van der Waals surface area contributed by atoms with E-state index in [-0.39, 0.29) is 32.5 Å². The van der Waals surface area contributed by atoms with Gasteiger partial charge in [0.2, 0.25) is 0 Å². The topological polar surface area (TPSA) is 270 Å². The molecular formula is C25H50N8O9. The Bertz CT molecular complexity index is 842. The van der Waals surface area contributed by atoms with Crippen LogP contribution >= 0.6 is 0 Å². The third-order valence-electron chi connectivity index (χ3n) is 7.83. The molecule has 2 aliphatic heterocycles. The Kier molecular flexibility index (Phi) is 14.5. The van der Waals surface area contributed by atoms with Gasteiger partial charge in [-0.05, 0) is 38.8 Å². The molecule has 42 heavy (non-hydrogen) atoms. The zero-order valence-corrected chi connectivity index (χ0v) is 24.5. The smallest absolute Gasteiger partial charge is 0.186 e. The predicted molar refractivity (Wildman–Crippen MR) is 150 cm³/mol. The summed E-state index contributed by atoms with van der Waals surface area (Å²) in [7, 11) is 1.70. The van der Waals surface area contributed by atoms with Crippen molar-refractivity contribution in [2.75, 3.05) is 59.8 Å². The Morgan fingerprint density at radius 1 is 0.976 bits per heavy atom. The highest BCUT2D eigenvalue weighted by molar-refractivity contribution is 5.02. The van der Waals surface area contributed by atoms with Crippen LogP contribution in [0.5, 0.6) is 0 Å². The number of nitrogens with one attached hydrogen (secondary N) is 1. The van der Waals surface area contributed by atoms with Gasteiger partial charge in [-0.3, -0.25) is 0 Å². The molecule has 0 radical (unpaired) electrons. The van der Waals surface area contributed by atoms with Crippen molar-refractivity contribution in [2.45, 2.75) is 99.1 Å².